The van der Waals surface area contributed by atoms with Crippen molar-refractivity contribution in [2.75, 3.05) is 11.1 Å². The van der Waals surface area contributed by atoms with E-state index in [4.69, 9.17) is 0 Å². The molecule has 0 aliphatic rings. The Balaban J connectivity index is 1.69. The van der Waals surface area contributed by atoms with Gasteiger partial charge in [0.1, 0.15) is 17.5 Å². The highest BCUT2D eigenvalue weighted by atomic mass is 32.2. The lowest BCUT2D eigenvalue weighted by Crippen LogP contribution is -2.23. The molecule has 1 N–H and O–H groups in total. The van der Waals surface area contributed by atoms with Crippen LogP contribution in [0.2, 0.25) is 0 Å². The molecule has 5 nitrogen and oxygen atoms in total. The number of para-hydroxylation sites is 2. The fourth-order valence-electron chi connectivity index (χ4n) is 2.96. The minimum atomic E-state index is -0.785. The summed E-state index contributed by atoms with van der Waals surface area (Å²) in [5, 5.41) is 2.66. The number of aromatic nitrogens is 2. The Morgan fingerprint density at radius 2 is 1.71 bits per heavy atom. The predicted molar refractivity (Wildman–Crippen MR) is 113 cm³/mol. The van der Waals surface area contributed by atoms with Crippen LogP contribution >= 0.6 is 11.8 Å². The number of hydrogen-bond donors (Lipinski definition) is 1. The first-order valence-corrected chi connectivity index (χ1v) is 10.1. The minimum Gasteiger partial charge on any atom is -0.323 e. The van der Waals surface area contributed by atoms with Crippen molar-refractivity contribution in [1.29, 1.82) is 0 Å². The number of carbonyl (C=O) groups is 1. The van der Waals surface area contributed by atoms with Crippen LogP contribution in [0.15, 0.2) is 76.7 Å². The molecular formula is C22H14F3N3O2S. The number of nitrogens with zero attached hydrogens (tertiary/aromatic N) is 2. The Bertz CT molecular complexity index is 1360. The van der Waals surface area contributed by atoms with Crippen LogP contribution in [-0.2, 0) is 4.79 Å². The maximum absolute atomic E-state index is 14.5. The average Bonchev–Trinajstić information content (AvgIpc) is 2.76. The van der Waals surface area contributed by atoms with Gasteiger partial charge in [-0.05, 0) is 36.4 Å². The van der Waals surface area contributed by atoms with Crippen LogP contribution in [0.1, 0.15) is 0 Å². The quantitative estimate of drug-likeness (QED) is 0.365. The molecule has 0 aliphatic carbocycles. The number of halogens is 3. The molecule has 0 radical (unpaired) electrons. The molecule has 3 aromatic carbocycles. The molecule has 0 aliphatic heterocycles. The van der Waals surface area contributed by atoms with Crippen molar-refractivity contribution < 1.29 is 18.0 Å². The van der Waals surface area contributed by atoms with E-state index in [0.717, 1.165) is 34.5 Å². The van der Waals surface area contributed by atoms with Crippen molar-refractivity contribution in [3.05, 3.63) is 94.5 Å². The predicted octanol–water partition coefficient (Wildman–Crippen LogP) is 4.53. The van der Waals surface area contributed by atoms with E-state index < -0.39 is 28.9 Å². The van der Waals surface area contributed by atoms with Crippen LogP contribution in [0.25, 0.3) is 16.6 Å². The van der Waals surface area contributed by atoms with Gasteiger partial charge in [0, 0.05) is 6.07 Å². The third kappa shape index (κ3) is 4.31. The summed E-state index contributed by atoms with van der Waals surface area (Å²) >= 11 is 0.874. The lowest BCUT2D eigenvalue weighted by molar-refractivity contribution is -0.113. The molecule has 1 heterocycles. The maximum atomic E-state index is 14.5. The molecule has 0 spiro atoms. The van der Waals surface area contributed by atoms with Crippen LogP contribution in [0.3, 0.4) is 0 Å². The van der Waals surface area contributed by atoms with Crippen LogP contribution in [0.4, 0.5) is 18.9 Å². The zero-order valence-corrected chi connectivity index (χ0v) is 16.6. The van der Waals surface area contributed by atoms with E-state index in [1.165, 1.54) is 18.2 Å². The van der Waals surface area contributed by atoms with Gasteiger partial charge in [-0.15, -0.1) is 0 Å². The van der Waals surface area contributed by atoms with Gasteiger partial charge in [0.05, 0.1) is 28.0 Å². The maximum Gasteiger partial charge on any atom is 0.266 e. The zero-order chi connectivity index (χ0) is 22.0. The molecule has 4 aromatic rings. The molecule has 31 heavy (non-hydrogen) atoms. The molecule has 0 saturated heterocycles. The number of fused-ring (bicyclic) bond motifs is 1. The van der Waals surface area contributed by atoms with Crippen LogP contribution < -0.4 is 10.9 Å². The first-order chi connectivity index (χ1) is 14.9. The molecule has 1 amide bonds. The number of anilines is 1. The first-order valence-electron chi connectivity index (χ1n) is 9.08. The highest BCUT2D eigenvalue weighted by Gasteiger charge is 2.17. The van der Waals surface area contributed by atoms with E-state index in [0.29, 0.717) is 10.9 Å². The number of benzene rings is 3. The van der Waals surface area contributed by atoms with Crippen LogP contribution in [0, 0.1) is 17.5 Å². The smallest absolute Gasteiger partial charge is 0.266 e. The van der Waals surface area contributed by atoms with Crippen molar-refractivity contribution in [3.8, 4) is 5.69 Å². The minimum absolute atomic E-state index is 0.00941. The van der Waals surface area contributed by atoms with Crippen molar-refractivity contribution in [1.82, 2.24) is 9.55 Å². The van der Waals surface area contributed by atoms with Crippen LogP contribution in [0.5, 0.6) is 0 Å². The second kappa shape index (κ2) is 8.65. The summed E-state index contributed by atoms with van der Waals surface area (Å²) in [5.41, 5.74) is -0.414. The van der Waals surface area contributed by atoms with E-state index in [1.54, 1.807) is 30.3 Å². The van der Waals surface area contributed by atoms with Crippen LogP contribution in [-0.4, -0.2) is 21.2 Å². The Morgan fingerprint density at radius 1 is 0.968 bits per heavy atom. The molecule has 0 bridgehead atoms. The van der Waals surface area contributed by atoms with Gasteiger partial charge in [-0.3, -0.25) is 14.2 Å². The zero-order valence-electron chi connectivity index (χ0n) is 15.8. The average molecular weight is 441 g/mol. The van der Waals surface area contributed by atoms with E-state index in [-0.39, 0.29) is 22.3 Å². The van der Waals surface area contributed by atoms with Gasteiger partial charge in [-0.25, -0.2) is 18.2 Å². The monoisotopic (exact) mass is 441 g/mol. The molecular weight excluding hydrogens is 427 g/mol. The highest BCUT2D eigenvalue weighted by Crippen LogP contribution is 2.23. The molecule has 0 atom stereocenters. The Morgan fingerprint density at radius 3 is 2.52 bits per heavy atom. The second-order valence-corrected chi connectivity index (χ2v) is 7.41. The molecule has 156 valence electrons. The number of hydrogen-bond acceptors (Lipinski definition) is 4. The van der Waals surface area contributed by atoms with E-state index in [1.807, 2.05) is 0 Å². The van der Waals surface area contributed by atoms with Gasteiger partial charge >= 0.3 is 0 Å². The molecule has 4 rings (SSSR count). The number of carbonyl (C=O) groups excluding carboxylic acids is 1. The summed E-state index contributed by atoms with van der Waals surface area (Å²) < 4.78 is 42.6. The summed E-state index contributed by atoms with van der Waals surface area (Å²) in [7, 11) is 0. The lowest BCUT2D eigenvalue weighted by atomic mass is 10.2. The van der Waals surface area contributed by atoms with Crippen molar-refractivity contribution >= 4 is 34.3 Å². The van der Waals surface area contributed by atoms with Gasteiger partial charge in [-0.1, -0.05) is 36.0 Å². The Kier molecular flexibility index (Phi) is 5.77. The topological polar surface area (TPSA) is 64.0 Å². The number of nitrogens with one attached hydrogen (secondary N) is 1. The molecule has 0 saturated carbocycles. The molecule has 0 unspecified atom stereocenters. The fourth-order valence-corrected chi connectivity index (χ4v) is 3.77. The molecule has 1 aromatic heterocycles. The normalized spacial score (nSPS) is 10.9. The van der Waals surface area contributed by atoms with E-state index >= 15 is 0 Å². The summed E-state index contributed by atoms with van der Waals surface area (Å²) in [6.07, 6.45) is 0. The number of rotatable bonds is 5. The molecule has 9 heteroatoms. The van der Waals surface area contributed by atoms with E-state index in [2.05, 4.69) is 10.3 Å². The van der Waals surface area contributed by atoms with Gasteiger partial charge in [0.2, 0.25) is 5.91 Å². The summed E-state index contributed by atoms with van der Waals surface area (Å²) in [5.74, 6) is -3.03. The number of thioether (sulfide) groups is 1. The Labute approximate surface area is 178 Å². The summed E-state index contributed by atoms with van der Waals surface area (Å²) in [6, 6.07) is 15.0. The van der Waals surface area contributed by atoms with Crippen molar-refractivity contribution in [2.45, 2.75) is 5.16 Å². The summed E-state index contributed by atoms with van der Waals surface area (Å²) in [6.45, 7) is 0. The SMILES string of the molecule is O=C(CSc1nc2ccccc2c(=O)n1-c1ccccc1F)Nc1cc(F)ccc1F. The lowest BCUT2D eigenvalue weighted by Gasteiger charge is -2.14. The van der Waals surface area contributed by atoms with E-state index in [9.17, 15) is 22.8 Å². The summed E-state index contributed by atoms with van der Waals surface area (Å²) in [4.78, 5) is 29.8. The fraction of sp³-hybridized carbons (Fsp3) is 0.0455. The number of amides is 1. The van der Waals surface area contributed by atoms with Crippen molar-refractivity contribution in [3.63, 3.8) is 0 Å². The van der Waals surface area contributed by atoms with Gasteiger partial charge in [0.15, 0.2) is 5.16 Å². The highest BCUT2D eigenvalue weighted by molar-refractivity contribution is 7.99. The largest absolute Gasteiger partial charge is 0.323 e. The third-order valence-electron chi connectivity index (χ3n) is 4.37. The second-order valence-electron chi connectivity index (χ2n) is 6.46. The van der Waals surface area contributed by atoms with Crippen molar-refractivity contribution in [2.24, 2.45) is 0 Å². The van der Waals surface area contributed by atoms with Gasteiger partial charge < -0.3 is 5.32 Å². The molecule has 0 fully saturated rings. The first kappa shape index (κ1) is 20.7. The van der Waals surface area contributed by atoms with Gasteiger partial charge in [-0.2, -0.15) is 0 Å². The third-order valence-corrected chi connectivity index (χ3v) is 5.31. The van der Waals surface area contributed by atoms with Gasteiger partial charge in [0.25, 0.3) is 5.56 Å². The standard InChI is InChI=1S/C22H14F3N3O2S/c23-13-9-10-15(24)18(11-13)26-20(29)12-31-22-27-17-7-3-1-5-14(17)21(30)28(22)19-8-4-2-6-16(19)25/h1-11H,12H2,(H,26,29). The Hall–Kier alpha value is -3.59.